The maximum Gasteiger partial charge on any atom is 0.362 e. The maximum absolute atomic E-state index is 12.8. The molecule has 0 amide bonds. The standard InChI is InChI=1S/C49H93NO7/c1-6-8-10-12-14-16-18-20-21-22-23-24-25-26-27-28-30-32-34-36-38-40-48(52)57-45(43-55-42-41-46(49(53)54)50(3,4)5)44-56-47(51)39-37-35-33-31-29-19-17-15-13-11-9-7-2/h22-23,45-46H,6-21,24-44H2,1-5H3/p+1/b23-22-. The molecule has 0 aliphatic carbocycles. The molecular formula is C49H94NO7+. The van der Waals surface area contributed by atoms with Crippen molar-refractivity contribution >= 4 is 17.9 Å². The Morgan fingerprint density at radius 3 is 1.26 bits per heavy atom. The maximum atomic E-state index is 12.8. The van der Waals surface area contributed by atoms with E-state index < -0.39 is 18.1 Å². The largest absolute Gasteiger partial charge is 0.477 e. The Balaban J connectivity index is 4.22. The van der Waals surface area contributed by atoms with Crippen LogP contribution in [0.3, 0.4) is 0 Å². The molecule has 2 atom stereocenters. The van der Waals surface area contributed by atoms with Crippen LogP contribution in [0.15, 0.2) is 12.2 Å². The highest BCUT2D eigenvalue weighted by molar-refractivity contribution is 5.72. The van der Waals surface area contributed by atoms with E-state index in [9.17, 15) is 19.5 Å². The molecule has 0 rings (SSSR count). The van der Waals surface area contributed by atoms with Crippen LogP contribution in [0.4, 0.5) is 0 Å². The number of nitrogens with zero attached hydrogens (tertiary/aromatic N) is 1. The zero-order chi connectivity index (χ0) is 42.1. The minimum Gasteiger partial charge on any atom is -0.477 e. The molecule has 336 valence electrons. The van der Waals surface area contributed by atoms with E-state index in [2.05, 4.69) is 26.0 Å². The first-order chi connectivity index (χ1) is 27.6. The highest BCUT2D eigenvalue weighted by Crippen LogP contribution is 2.16. The van der Waals surface area contributed by atoms with Crippen LogP contribution < -0.4 is 0 Å². The van der Waals surface area contributed by atoms with Gasteiger partial charge in [-0.05, 0) is 38.5 Å². The minimum absolute atomic E-state index is 0.0455. The van der Waals surface area contributed by atoms with Crippen molar-refractivity contribution in [3.8, 4) is 0 Å². The van der Waals surface area contributed by atoms with E-state index in [1.165, 1.54) is 161 Å². The number of aliphatic carboxylic acids is 1. The highest BCUT2D eigenvalue weighted by Gasteiger charge is 2.31. The van der Waals surface area contributed by atoms with Gasteiger partial charge in [0.15, 0.2) is 12.1 Å². The molecule has 0 aliphatic heterocycles. The van der Waals surface area contributed by atoms with Crippen molar-refractivity contribution in [2.45, 2.75) is 244 Å². The number of rotatable bonds is 44. The van der Waals surface area contributed by atoms with Gasteiger partial charge in [-0.25, -0.2) is 4.79 Å². The molecule has 2 unspecified atom stereocenters. The van der Waals surface area contributed by atoms with Crippen LogP contribution in [0.1, 0.15) is 232 Å². The second-order valence-electron chi connectivity index (χ2n) is 17.7. The van der Waals surface area contributed by atoms with E-state index in [1.807, 2.05) is 21.1 Å². The lowest BCUT2D eigenvalue weighted by molar-refractivity contribution is -0.887. The van der Waals surface area contributed by atoms with Gasteiger partial charge in [0, 0.05) is 19.3 Å². The number of quaternary nitrogens is 1. The Hall–Kier alpha value is -1.93. The third-order valence-corrected chi connectivity index (χ3v) is 11.2. The molecule has 0 saturated heterocycles. The van der Waals surface area contributed by atoms with Gasteiger partial charge in [-0.2, -0.15) is 0 Å². The van der Waals surface area contributed by atoms with Gasteiger partial charge < -0.3 is 23.8 Å². The molecule has 0 bridgehead atoms. The lowest BCUT2D eigenvalue weighted by Crippen LogP contribution is -2.50. The predicted octanol–water partition coefficient (Wildman–Crippen LogP) is 13.5. The average molecular weight is 809 g/mol. The fourth-order valence-electron chi connectivity index (χ4n) is 7.38. The van der Waals surface area contributed by atoms with Crippen LogP contribution in [0.2, 0.25) is 0 Å². The van der Waals surface area contributed by atoms with E-state index in [4.69, 9.17) is 14.2 Å². The summed E-state index contributed by atoms with van der Waals surface area (Å²) in [6.45, 7) is 4.76. The summed E-state index contributed by atoms with van der Waals surface area (Å²) in [6.07, 6.45) is 44.0. The number of unbranched alkanes of at least 4 members (excludes halogenated alkanes) is 28. The minimum atomic E-state index is -0.872. The average Bonchev–Trinajstić information content (AvgIpc) is 3.17. The van der Waals surface area contributed by atoms with Crippen molar-refractivity contribution in [2.75, 3.05) is 41.0 Å². The first-order valence-electron chi connectivity index (χ1n) is 24.2. The van der Waals surface area contributed by atoms with Gasteiger partial charge in [-0.15, -0.1) is 0 Å². The molecule has 1 N–H and O–H groups in total. The molecule has 0 aromatic heterocycles. The third-order valence-electron chi connectivity index (χ3n) is 11.2. The zero-order valence-electron chi connectivity index (χ0n) is 38.3. The Morgan fingerprint density at radius 1 is 0.509 bits per heavy atom. The molecular weight excluding hydrogens is 715 g/mol. The van der Waals surface area contributed by atoms with Gasteiger partial charge in [0.05, 0.1) is 34.4 Å². The monoisotopic (exact) mass is 809 g/mol. The van der Waals surface area contributed by atoms with Crippen molar-refractivity contribution in [1.29, 1.82) is 0 Å². The Morgan fingerprint density at radius 2 is 0.877 bits per heavy atom. The molecule has 0 fully saturated rings. The zero-order valence-corrected chi connectivity index (χ0v) is 38.3. The predicted molar refractivity (Wildman–Crippen MR) is 239 cm³/mol. The van der Waals surface area contributed by atoms with E-state index in [0.29, 0.717) is 19.3 Å². The molecule has 8 nitrogen and oxygen atoms in total. The van der Waals surface area contributed by atoms with Crippen LogP contribution >= 0.6 is 0 Å². The number of esters is 2. The molecule has 0 aliphatic rings. The van der Waals surface area contributed by atoms with E-state index in [0.717, 1.165) is 38.5 Å². The number of carboxylic acids is 1. The van der Waals surface area contributed by atoms with Crippen LogP contribution in [0, 0.1) is 0 Å². The van der Waals surface area contributed by atoms with E-state index in [1.54, 1.807) is 0 Å². The van der Waals surface area contributed by atoms with Crippen molar-refractivity contribution in [3.63, 3.8) is 0 Å². The number of hydrogen-bond acceptors (Lipinski definition) is 6. The molecule has 8 heteroatoms. The summed E-state index contributed by atoms with van der Waals surface area (Å²) in [5.74, 6) is -1.45. The Labute approximate surface area is 352 Å². The van der Waals surface area contributed by atoms with Gasteiger partial charge in [-0.1, -0.05) is 187 Å². The Kier molecular flexibility index (Phi) is 39.4. The van der Waals surface area contributed by atoms with Gasteiger partial charge in [-0.3, -0.25) is 9.59 Å². The lowest BCUT2D eigenvalue weighted by atomic mass is 10.0. The van der Waals surface area contributed by atoms with Crippen molar-refractivity contribution < 1.29 is 38.2 Å². The van der Waals surface area contributed by atoms with E-state index in [-0.39, 0.29) is 36.2 Å². The second-order valence-corrected chi connectivity index (χ2v) is 17.7. The Bertz CT molecular complexity index is 947. The molecule has 0 radical (unpaired) electrons. The van der Waals surface area contributed by atoms with Gasteiger partial charge in [0.1, 0.15) is 6.61 Å². The molecule has 0 spiro atoms. The van der Waals surface area contributed by atoms with Crippen LogP contribution in [0.25, 0.3) is 0 Å². The summed E-state index contributed by atoms with van der Waals surface area (Å²) >= 11 is 0. The number of hydrogen-bond donors (Lipinski definition) is 1. The topological polar surface area (TPSA) is 99.1 Å². The number of allylic oxidation sites excluding steroid dienone is 2. The number of carboxylic acid groups (broad SMARTS) is 1. The van der Waals surface area contributed by atoms with Gasteiger partial charge in [0.25, 0.3) is 0 Å². The van der Waals surface area contributed by atoms with Gasteiger partial charge >= 0.3 is 17.9 Å². The molecule has 0 heterocycles. The van der Waals surface area contributed by atoms with Crippen LogP contribution in [0.5, 0.6) is 0 Å². The summed E-state index contributed by atoms with van der Waals surface area (Å²) in [4.78, 5) is 37.0. The smallest absolute Gasteiger partial charge is 0.362 e. The normalized spacial score (nSPS) is 12.9. The SMILES string of the molecule is CCCCCCCCCC/C=C\CCCCCCCCCCCC(=O)OC(COCCC(C(=O)O)[N+](C)(C)C)COC(=O)CCCCCCCCCCCCCC. The van der Waals surface area contributed by atoms with E-state index >= 15 is 0 Å². The third kappa shape index (κ3) is 39.3. The number of carbonyl (C=O) groups is 3. The highest BCUT2D eigenvalue weighted by atomic mass is 16.6. The first-order valence-corrected chi connectivity index (χ1v) is 24.2. The fourth-order valence-corrected chi connectivity index (χ4v) is 7.38. The lowest BCUT2D eigenvalue weighted by Gasteiger charge is -2.31. The molecule has 0 aromatic rings. The number of ether oxygens (including phenoxy) is 3. The van der Waals surface area contributed by atoms with Crippen molar-refractivity contribution in [2.24, 2.45) is 0 Å². The molecule has 0 saturated carbocycles. The fraction of sp³-hybridized carbons (Fsp3) is 0.898. The van der Waals surface area contributed by atoms with Crippen molar-refractivity contribution in [3.05, 3.63) is 12.2 Å². The number of likely N-dealkylation sites (N-methyl/N-ethyl adjacent to an activating group) is 1. The van der Waals surface area contributed by atoms with Crippen LogP contribution in [-0.2, 0) is 28.6 Å². The summed E-state index contributed by atoms with van der Waals surface area (Å²) in [5, 5.41) is 9.63. The quantitative estimate of drug-likeness (QED) is 0.0283. The summed E-state index contributed by atoms with van der Waals surface area (Å²) in [6, 6.07) is -0.610. The van der Waals surface area contributed by atoms with Crippen LogP contribution in [-0.4, -0.2) is 80.6 Å². The molecule has 0 aromatic carbocycles. The first kappa shape index (κ1) is 55.1. The summed E-state index contributed by atoms with van der Waals surface area (Å²) in [7, 11) is 5.54. The second kappa shape index (κ2) is 40.8. The summed E-state index contributed by atoms with van der Waals surface area (Å²) < 4.78 is 17.3. The van der Waals surface area contributed by atoms with Gasteiger partial charge in [0.2, 0.25) is 0 Å². The molecule has 57 heavy (non-hydrogen) atoms. The summed E-state index contributed by atoms with van der Waals surface area (Å²) in [5.41, 5.74) is 0. The van der Waals surface area contributed by atoms with Crippen molar-refractivity contribution in [1.82, 2.24) is 0 Å². The number of carbonyl (C=O) groups excluding carboxylic acids is 2.